The van der Waals surface area contributed by atoms with Gasteiger partial charge in [0, 0.05) is 11.1 Å². The second kappa shape index (κ2) is 8.13. The SMILES string of the molecule is COC(=O)c1cc(C)c(OC(=O)c2cc(C(C)(C)C)c(O)c(C(C)(C)C)c2)c(C)c1. The predicted molar refractivity (Wildman–Crippen MR) is 118 cm³/mol. The number of hydrogen-bond acceptors (Lipinski definition) is 5. The summed E-state index contributed by atoms with van der Waals surface area (Å²) in [6, 6.07) is 6.67. The molecule has 5 nitrogen and oxygen atoms in total. The van der Waals surface area contributed by atoms with Crippen LogP contribution in [0.3, 0.4) is 0 Å². The van der Waals surface area contributed by atoms with Gasteiger partial charge >= 0.3 is 11.9 Å². The maximum Gasteiger partial charge on any atom is 0.343 e. The van der Waals surface area contributed by atoms with Gasteiger partial charge in [-0.2, -0.15) is 0 Å². The second-order valence-corrected chi connectivity index (χ2v) is 9.74. The molecule has 0 bridgehead atoms. The zero-order valence-corrected chi connectivity index (χ0v) is 19.4. The van der Waals surface area contributed by atoms with Gasteiger partial charge in [0.05, 0.1) is 18.2 Å². The van der Waals surface area contributed by atoms with Crippen LogP contribution in [-0.4, -0.2) is 24.2 Å². The van der Waals surface area contributed by atoms with Crippen LogP contribution in [0.1, 0.15) is 84.5 Å². The molecule has 0 aliphatic heterocycles. The standard InChI is InChI=1S/C25H32O5/c1-14-10-16(22(27)29-9)11-15(2)21(14)30-23(28)17-12-18(24(3,4)5)20(26)19(13-17)25(6,7)8/h10-13,26H,1-9H3. The lowest BCUT2D eigenvalue weighted by atomic mass is 9.78. The number of aromatic hydroxyl groups is 1. The van der Waals surface area contributed by atoms with Gasteiger partial charge in [0.15, 0.2) is 0 Å². The topological polar surface area (TPSA) is 72.8 Å². The quantitative estimate of drug-likeness (QED) is 0.524. The molecule has 1 N–H and O–H groups in total. The molecule has 0 fully saturated rings. The number of rotatable bonds is 3. The molecule has 0 spiro atoms. The first-order valence-electron chi connectivity index (χ1n) is 9.96. The second-order valence-electron chi connectivity index (χ2n) is 9.74. The van der Waals surface area contributed by atoms with Crippen LogP contribution in [0.5, 0.6) is 11.5 Å². The Labute approximate surface area is 179 Å². The van der Waals surface area contributed by atoms with E-state index in [4.69, 9.17) is 9.47 Å². The molecule has 162 valence electrons. The highest BCUT2D eigenvalue weighted by molar-refractivity contribution is 5.93. The maximum absolute atomic E-state index is 13.1. The van der Waals surface area contributed by atoms with E-state index in [9.17, 15) is 14.7 Å². The summed E-state index contributed by atoms with van der Waals surface area (Å²) in [6.07, 6.45) is 0. The van der Waals surface area contributed by atoms with E-state index in [-0.39, 0.29) is 16.6 Å². The largest absolute Gasteiger partial charge is 0.507 e. The molecule has 0 saturated heterocycles. The van der Waals surface area contributed by atoms with Crippen molar-refractivity contribution >= 4 is 11.9 Å². The zero-order chi connectivity index (χ0) is 23.0. The molecule has 0 atom stereocenters. The van der Waals surface area contributed by atoms with Gasteiger partial charge < -0.3 is 14.6 Å². The molecule has 0 radical (unpaired) electrons. The normalized spacial score (nSPS) is 11.9. The van der Waals surface area contributed by atoms with E-state index in [1.165, 1.54) is 7.11 Å². The van der Waals surface area contributed by atoms with E-state index in [0.29, 0.717) is 39.1 Å². The average Bonchev–Trinajstić information content (AvgIpc) is 2.61. The lowest BCUT2D eigenvalue weighted by Crippen LogP contribution is -2.20. The lowest BCUT2D eigenvalue weighted by Gasteiger charge is -2.28. The van der Waals surface area contributed by atoms with Crippen LogP contribution in [-0.2, 0) is 15.6 Å². The fourth-order valence-electron chi connectivity index (χ4n) is 3.39. The number of carbonyl (C=O) groups excluding carboxylic acids is 2. The third-order valence-corrected chi connectivity index (χ3v) is 5.04. The minimum Gasteiger partial charge on any atom is -0.507 e. The van der Waals surface area contributed by atoms with Crippen LogP contribution in [0, 0.1) is 13.8 Å². The molecular formula is C25H32O5. The van der Waals surface area contributed by atoms with Crippen LogP contribution >= 0.6 is 0 Å². The highest BCUT2D eigenvalue weighted by Crippen LogP contribution is 2.40. The van der Waals surface area contributed by atoms with E-state index < -0.39 is 11.9 Å². The molecule has 5 heteroatoms. The number of methoxy groups -OCH3 is 1. The fraction of sp³-hybridized carbons (Fsp3) is 0.440. The summed E-state index contributed by atoms with van der Waals surface area (Å²) in [5.74, 6) is -0.332. The molecule has 2 aromatic rings. The van der Waals surface area contributed by atoms with Gasteiger partial charge in [-0.1, -0.05) is 41.5 Å². The number of phenols is 1. The maximum atomic E-state index is 13.1. The molecule has 0 unspecified atom stereocenters. The highest BCUT2D eigenvalue weighted by atomic mass is 16.5. The van der Waals surface area contributed by atoms with Crippen molar-refractivity contribution in [3.05, 3.63) is 57.6 Å². The predicted octanol–water partition coefficient (Wildman–Crippen LogP) is 5.61. The summed E-state index contributed by atoms with van der Waals surface area (Å²) in [4.78, 5) is 24.9. The zero-order valence-electron chi connectivity index (χ0n) is 19.4. The van der Waals surface area contributed by atoms with E-state index in [2.05, 4.69) is 0 Å². The van der Waals surface area contributed by atoms with Crippen LogP contribution in [0.4, 0.5) is 0 Å². The van der Waals surface area contributed by atoms with Gasteiger partial charge in [-0.15, -0.1) is 0 Å². The Balaban J connectivity index is 2.53. The van der Waals surface area contributed by atoms with Crippen LogP contribution < -0.4 is 4.74 Å². The highest BCUT2D eigenvalue weighted by Gasteiger charge is 2.28. The van der Waals surface area contributed by atoms with Crippen molar-refractivity contribution in [2.45, 2.75) is 66.2 Å². The Morgan fingerprint density at radius 2 is 1.17 bits per heavy atom. The Hall–Kier alpha value is -2.82. The van der Waals surface area contributed by atoms with Gasteiger partial charge in [-0.05, 0) is 60.1 Å². The van der Waals surface area contributed by atoms with E-state index >= 15 is 0 Å². The molecule has 2 aromatic carbocycles. The molecule has 0 aliphatic carbocycles. The van der Waals surface area contributed by atoms with E-state index in [0.717, 1.165) is 0 Å². The number of ether oxygens (including phenoxy) is 2. The molecule has 30 heavy (non-hydrogen) atoms. The molecule has 0 amide bonds. The molecule has 2 rings (SSSR count). The molecular weight excluding hydrogens is 380 g/mol. The Kier molecular flexibility index (Phi) is 6.36. The number of carbonyl (C=O) groups is 2. The summed E-state index contributed by atoms with van der Waals surface area (Å²) in [5.41, 5.74) is 2.78. The van der Waals surface area contributed by atoms with Crippen molar-refractivity contribution in [3.8, 4) is 11.5 Å². The fourth-order valence-corrected chi connectivity index (χ4v) is 3.39. The van der Waals surface area contributed by atoms with Crippen LogP contribution in [0.2, 0.25) is 0 Å². The Morgan fingerprint density at radius 3 is 1.53 bits per heavy atom. The number of phenolic OH excluding ortho intramolecular Hbond substituents is 1. The van der Waals surface area contributed by atoms with Gasteiger partial charge in [-0.3, -0.25) is 0 Å². The van der Waals surface area contributed by atoms with Gasteiger partial charge in [0.2, 0.25) is 0 Å². The third-order valence-electron chi connectivity index (χ3n) is 5.04. The Bertz CT molecular complexity index is 930. The summed E-state index contributed by atoms with van der Waals surface area (Å²) < 4.78 is 10.5. The smallest absolute Gasteiger partial charge is 0.343 e. The van der Waals surface area contributed by atoms with Crippen molar-refractivity contribution in [3.63, 3.8) is 0 Å². The first-order chi connectivity index (χ1) is 13.7. The van der Waals surface area contributed by atoms with Gasteiger partial charge in [-0.25, -0.2) is 9.59 Å². The van der Waals surface area contributed by atoms with Crippen LogP contribution in [0.25, 0.3) is 0 Å². The average molecular weight is 413 g/mol. The van der Waals surface area contributed by atoms with E-state index in [1.807, 2.05) is 41.5 Å². The molecule has 0 aromatic heterocycles. The summed E-state index contributed by atoms with van der Waals surface area (Å²) in [5, 5.41) is 10.9. The minimum atomic E-state index is -0.511. The lowest BCUT2D eigenvalue weighted by molar-refractivity contribution is 0.0600. The molecule has 0 aliphatic rings. The molecule has 0 saturated carbocycles. The van der Waals surface area contributed by atoms with Crippen molar-refractivity contribution in [1.82, 2.24) is 0 Å². The summed E-state index contributed by atoms with van der Waals surface area (Å²) >= 11 is 0. The number of hydrogen-bond donors (Lipinski definition) is 1. The van der Waals surface area contributed by atoms with Crippen LogP contribution in [0.15, 0.2) is 24.3 Å². The van der Waals surface area contributed by atoms with Crippen molar-refractivity contribution in [1.29, 1.82) is 0 Å². The number of benzene rings is 2. The first kappa shape index (κ1) is 23.5. The monoisotopic (exact) mass is 412 g/mol. The Morgan fingerprint density at radius 1 is 0.767 bits per heavy atom. The van der Waals surface area contributed by atoms with Gasteiger partial charge in [0.25, 0.3) is 0 Å². The first-order valence-corrected chi connectivity index (χ1v) is 9.96. The summed E-state index contributed by atoms with van der Waals surface area (Å²) in [6.45, 7) is 15.5. The van der Waals surface area contributed by atoms with Crippen molar-refractivity contribution in [2.24, 2.45) is 0 Å². The number of esters is 2. The summed E-state index contributed by atoms with van der Waals surface area (Å²) in [7, 11) is 1.32. The number of aryl methyl sites for hydroxylation is 2. The van der Waals surface area contributed by atoms with Gasteiger partial charge in [0.1, 0.15) is 11.5 Å². The van der Waals surface area contributed by atoms with E-state index in [1.54, 1.807) is 38.1 Å². The third kappa shape index (κ3) is 4.84. The van der Waals surface area contributed by atoms with Crippen molar-refractivity contribution in [2.75, 3.05) is 7.11 Å². The molecule has 0 heterocycles. The van der Waals surface area contributed by atoms with Crippen molar-refractivity contribution < 1.29 is 24.2 Å². The minimum absolute atomic E-state index is 0.210.